The minimum Gasteiger partial charge on any atom is -0.391 e. The van der Waals surface area contributed by atoms with Crippen molar-refractivity contribution in [2.75, 3.05) is 31.5 Å². The van der Waals surface area contributed by atoms with E-state index in [1.807, 2.05) is 12.1 Å². The third kappa shape index (κ3) is 4.64. The summed E-state index contributed by atoms with van der Waals surface area (Å²) in [6.45, 7) is 4.70. The highest BCUT2D eigenvalue weighted by Gasteiger charge is 2.29. The predicted molar refractivity (Wildman–Crippen MR) is 111 cm³/mol. The fourth-order valence-corrected chi connectivity index (χ4v) is 4.36. The highest BCUT2D eigenvalue weighted by Crippen LogP contribution is 2.30. The molecule has 0 spiro atoms. The lowest BCUT2D eigenvalue weighted by Crippen LogP contribution is -2.38. The molecule has 5 heteroatoms. The van der Waals surface area contributed by atoms with Gasteiger partial charge < -0.3 is 15.7 Å². The first-order valence-corrected chi connectivity index (χ1v) is 10.3. The fraction of sp³-hybridized carbons (Fsp3) is 0.455. The second-order valence-corrected chi connectivity index (χ2v) is 8.18. The van der Waals surface area contributed by atoms with Crippen molar-refractivity contribution >= 4 is 17.3 Å². The number of aliphatic hydroxyl groups excluding tert-OH is 1. The van der Waals surface area contributed by atoms with Gasteiger partial charge in [0.05, 0.1) is 6.10 Å². The van der Waals surface area contributed by atoms with E-state index in [1.54, 1.807) is 0 Å². The first kappa shape index (κ1) is 18.8. The van der Waals surface area contributed by atoms with Crippen LogP contribution in [0.25, 0.3) is 0 Å². The van der Waals surface area contributed by atoms with Crippen LogP contribution in [0.2, 0.25) is 5.02 Å². The normalized spacial score (nSPS) is 24.2. The number of likely N-dealkylation sites (tertiary alicyclic amines) is 1. The first-order chi connectivity index (χ1) is 13.2. The minimum absolute atomic E-state index is 0.179. The molecule has 2 heterocycles. The molecule has 2 aliphatic heterocycles. The zero-order valence-electron chi connectivity index (χ0n) is 15.6. The molecular weight excluding hydrogens is 358 g/mol. The summed E-state index contributed by atoms with van der Waals surface area (Å²) in [4.78, 5) is 2.51. The number of hydrogen-bond donors (Lipinski definition) is 3. The van der Waals surface area contributed by atoms with Crippen LogP contribution in [0.5, 0.6) is 0 Å². The average Bonchev–Trinajstić information content (AvgIpc) is 3.11. The molecule has 2 aliphatic rings. The van der Waals surface area contributed by atoms with Gasteiger partial charge in [0.1, 0.15) is 0 Å². The summed E-state index contributed by atoms with van der Waals surface area (Å²) < 4.78 is 0. The summed E-state index contributed by atoms with van der Waals surface area (Å²) >= 11 is 5.98. The molecule has 4 rings (SSSR count). The van der Waals surface area contributed by atoms with Crippen molar-refractivity contribution in [3.63, 3.8) is 0 Å². The molecule has 0 saturated carbocycles. The number of rotatable bonds is 5. The van der Waals surface area contributed by atoms with Crippen LogP contribution in [0.1, 0.15) is 29.9 Å². The molecular formula is C22H28ClN3O. The van der Waals surface area contributed by atoms with Crippen LogP contribution in [-0.4, -0.2) is 48.3 Å². The maximum absolute atomic E-state index is 10.3. The second kappa shape index (κ2) is 8.61. The number of hydrogen-bond acceptors (Lipinski definition) is 4. The van der Waals surface area contributed by atoms with E-state index in [2.05, 4.69) is 51.9 Å². The Bertz CT molecular complexity index is 743. The summed E-state index contributed by atoms with van der Waals surface area (Å²) in [6.07, 6.45) is 1.97. The molecule has 0 bridgehead atoms. The Morgan fingerprint density at radius 3 is 2.48 bits per heavy atom. The van der Waals surface area contributed by atoms with E-state index in [4.69, 9.17) is 11.6 Å². The third-order valence-electron chi connectivity index (χ3n) is 5.81. The summed E-state index contributed by atoms with van der Waals surface area (Å²) in [5.74, 6) is 0.179. The van der Waals surface area contributed by atoms with Gasteiger partial charge in [0.15, 0.2) is 0 Å². The predicted octanol–water partition coefficient (Wildman–Crippen LogP) is 3.46. The molecule has 2 atom stereocenters. The van der Waals surface area contributed by atoms with Gasteiger partial charge in [-0.2, -0.15) is 0 Å². The molecule has 0 aromatic heterocycles. The van der Waals surface area contributed by atoms with Crippen molar-refractivity contribution < 1.29 is 5.11 Å². The van der Waals surface area contributed by atoms with E-state index >= 15 is 0 Å². The van der Waals surface area contributed by atoms with E-state index in [0.29, 0.717) is 12.6 Å². The van der Waals surface area contributed by atoms with Crippen LogP contribution in [0, 0.1) is 0 Å². The van der Waals surface area contributed by atoms with Gasteiger partial charge in [0.2, 0.25) is 0 Å². The lowest BCUT2D eigenvalue weighted by Gasteiger charge is -2.33. The lowest BCUT2D eigenvalue weighted by molar-refractivity contribution is 0.178. The third-order valence-corrected chi connectivity index (χ3v) is 6.06. The zero-order valence-corrected chi connectivity index (χ0v) is 16.3. The lowest BCUT2D eigenvalue weighted by atomic mass is 9.93. The van der Waals surface area contributed by atoms with Gasteiger partial charge in [0.25, 0.3) is 0 Å². The number of β-amino-alcohol motifs (C(OH)–C–C–N with tert-alkyl or cyclic N) is 1. The van der Waals surface area contributed by atoms with E-state index in [0.717, 1.165) is 44.0 Å². The van der Waals surface area contributed by atoms with Gasteiger partial charge in [-0.1, -0.05) is 41.9 Å². The Balaban J connectivity index is 1.34. The second-order valence-electron chi connectivity index (χ2n) is 7.74. The van der Waals surface area contributed by atoms with Crippen LogP contribution in [0.3, 0.4) is 0 Å². The molecule has 0 amide bonds. The Morgan fingerprint density at radius 2 is 1.78 bits per heavy atom. The maximum atomic E-state index is 10.3. The molecule has 2 fully saturated rings. The largest absolute Gasteiger partial charge is 0.391 e. The zero-order chi connectivity index (χ0) is 18.6. The molecule has 3 N–H and O–H groups in total. The summed E-state index contributed by atoms with van der Waals surface area (Å²) in [7, 11) is 0. The average molecular weight is 386 g/mol. The number of nitrogens with zero attached hydrogens (tertiary/aromatic N) is 1. The molecule has 27 heavy (non-hydrogen) atoms. The Morgan fingerprint density at radius 1 is 1.04 bits per heavy atom. The van der Waals surface area contributed by atoms with Crippen molar-refractivity contribution in [3.05, 3.63) is 64.7 Å². The number of aliphatic hydroxyl groups is 1. The van der Waals surface area contributed by atoms with Crippen LogP contribution in [0.4, 0.5) is 5.69 Å². The Hall–Kier alpha value is -1.59. The molecule has 0 radical (unpaired) electrons. The van der Waals surface area contributed by atoms with Gasteiger partial charge in [-0.25, -0.2) is 0 Å². The standard InChI is InChI=1S/C22H28ClN3O/c23-17-7-5-16(6-8-17)15-26-11-9-18(10-12-26)25-21-4-2-1-3-19(21)20-13-24-14-22(20)27/h1-8,18,20,22,24-25,27H,9-15H2/t20-,22+/m1/s1. The Kier molecular flexibility index (Phi) is 5.98. The highest BCUT2D eigenvalue weighted by molar-refractivity contribution is 6.30. The Labute approximate surface area is 166 Å². The molecule has 0 aliphatic carbocycles. The van der Waals surface area contributed by atoms with E-state index in [1.165, 1.54) is 16.8 Å². The van der Waals surface area contributed by atoms with Gasteiger partial charge in [-0.05, 0) is 42.2 Å². The number of piperidine rings is 1. The van der Waals surface area contributed by atoms with Gasteiger partial charge in [-0.15, -0.1) is 0 Å². The quantitative estimate of drug-likeness (QED) is 0.737. The first-order valence-electron chi connectivity index (χ1n) is 9.90. The van der Waals surface area contributed by atoms with Crippen LogP contribution in [-0.2, 0) is 6.54 Å². The summed E-state index contributed by atoms with van der Waals surface area (Å²) in [6, 6.07) is 17.1. The van der Waals surface area contributed by atoms with Crippen LogP contribution >= 0.6 is 11.6 Å². The SMILES string of the molecule is O[C@H]1CNC[C@@H]1c1ccccc1NC1CCN(Cc2ccc(Cl)cc2)CC1. The highest BCUT2D eigenvalue weighted by atomic mass is 35.5. The van der Waals surface area contributed by atoms with Crippen molar-refractivity contribution in [3.8, 4) is 0 Å². The number of halogens is 1. The smallest absolute Gasteiger partial charge is 0.0745 e. The van der Waals surface area contributed by atoms with Crippen LogP contribution < -0.4 is 10.6 Å². The monoisotopic (exact) mass is 385 g/mol. The molecule has 0 unspecified atom stereocenters. The maximum Gasteiger partial charge on any atom is 0.0745 e. The number of nitrogens with one attached hydrogen (secondary N) is 2. The van der Waals surface area contributed by atoms with E-state index < -0.39 is 0 Å². The van der Waals surface area contributed by atoms with Crippen molar-refractivity contribution in [2.45, 2.75) is 37.5 Å². The molecule has 144 valence electrons. The number of para-hydroxylation sites is 1. The van der Waals surface area contributed by atoms with E-state index in [-0.39, 0.29) is 12.0 Å². The van der Waals surface area contributed by atoms with Gasteiger partial charge >= 0.3 is 0 Å². The fourth-order valence-electron chi connectivity index (χ4n) is 4.24. The summed E-state index contributed by atoms with van der Waals surface area (Å²) in [5.41, 5.74) is 3.74. The number of benzene rings is 2. The van der Waals surface area contributed by atoms with Crippen molar-refractivity contribution in [1.82, 2.24) is 10.2 Å². The van der Waals surface area contributed by atoms with E-state index in [9.17, 15) is 5.11 Å². The van der Waals surface area contributed by atoms with Gasteiger partial charge in [0, 0.05) is 55.4 Å². The molecule has 2 aromatic rings. The molecule has 2 saturated heterocycles. The van der Waals surface area contributed by atoms with Crippen LogP contribution in [0.15, 0.2) is 48.5 Å². The number of anilines is 1. The topological polar surface area (TPSA) is 47.5 Å². The summed E-state index contributed by atoms with van der Waals surface area (Å²) in [5, 5.41) is 18.1. The molecule has 4 nitrogen and oxygen atoms in total. The van der Waals surface area contributed by atoms with Crippen molar-refractivity contribution in [1.29, 1.82) is 0 Å². The van der Waals surface area contributed by atoms with Gasteiger partial charge in [-0.3, -0.25) is 4.90 Å². The molecule has 2 aromatic carbocycles. The van der Waals surface area contributed by atoms with Crippen molar-refractivity contribution in [2.24, 2.45) is 0 Å². The minimum atomic E-state index is -0.297.